The minimum absolute atomic E-state index is 0.0351. The molecule has 0 aliphatic carbocycles. The van der Waals surface area contributed by atoms with E-state index in [9.17, 15) is 14.3 Å². The Morgan fingerprint density at radius 3 is 3.00 bits per heavy atom. The second-order valence-electron chi connectivity index (χ2n) is 5.90. The van der Waals surface area contributed by atoms with Gasteiger partial charge in [0.05, 0.1) is 0 Å². The maximum absolute atomic E-state index is 14.5. The van der Waals surface area contributed by atoms with Crippen molar-refractivity contribution in [2.24, 2.45) is 5.92 Å². The van der Waals surface area contributed by atoms with Gasteiger partial charge in [-0.15, -0.1) is 0 Å². The van der Waals surface area contributed by atoms with Gasteiger partial charge in [0.25, 0.3) is 0 Å². The van der Waals surface area contributed by atoms with Crippen LogP contribution in [0.3, 0.4) is 0 Å². The number of nitrogens with one attached hydrogen (secondary N) is 1. The molecule has 2 unspecified atom stereocenters. The first-order valence-electron chi connectivity index (χ1n) is 7.52. The van der Waals surface area contributed by atoms with E-state index >= 15 is 0 Å². The van der Waals surface area contributed by atoms with E-state index in [0.29, 0.717) is 18.7 Å². The molecule has 24 heavy (non-hydrogen) atoms. The zero-order valence-electron chi connectivity index (χ0n) is 13.6. The van der Waals surface area contributed by atoms with Crippen LogP contribution in [-0.2, 0) is 15.1 Å². The molecule has 1 aliphatic heterocycles. The van der Waals surface area contributed by atoms with Crippen molar-refractivity contribution < 1.29 is 19.0 Å². The molecule has 0 saturated carbocycles. The Kier molecular flexibility index (Phi) is 5.57. The van der Waals surface area contributed by atoms with Crippen LogP contribution in [0, 0.1) is 23.0 Å². The van der Waals surface area contributed by atoms with Gasteiger partial charge in [0.1, 0.15) is 0 Å². The fourth-order valence-electron chi connectivity index (χ4n) is 2.88. The van der Waals surface area contributed by atoms with Gasteiger partial charge in [-0.1, -0.05) is 0 Å². The Morgan fingerprint density at radius 1 is 1.62 bits per heavy atom. The Balaban J connectivity index is 2.61. The third kappa shape index (κ3) is 3.41. The van der Waals surface area contributed by atoms with Crippen LogP contribution >= 0.6 is 0 Å². The molecule has 0 bridgehead atoms. The summed E-state index contributed by atoms with van der Waals surface area (Å²) in [6.07, 6.45) is 1.16. The van der Waals surface area contributed by atoms with Crippen molar-refractivity contribution in [2.75, 3.05) is 27.3 Å². The summed E-state index contributed by atoms with van der Waals surface area (Å²) in [5.74, 6) is 0.674. The number of carbonyl (C=O) groups is 1. The first-order valence-corrected chi connectivity index (χ1v) is 7.52. The average Bonchev–Trinajstić information content (AvgIpc) is 2.56. The minimum atomic E-state index is -1.21. The van der Waals surface area contributed by atoms with Crippen LogP contribution in [0.5, 0.6) is 5.75 Å². The number of aromatic hydroxyl groups is 1. The molecule has 0 amide bonds. The molecule has 1 aromatic rings. The Morgan fingerprint density at radius 2 is 2.38 bits per heavy atom. The van der Waals surface area contributed by atoms with E-state index in [0.717, 1.165) is 12.4 Å². The second kappa shape index (κ2) is 7.45. The summed E-state index contributed by atoms with van der Waals surface area (Å²) >= 11 is 0. The number of rotatable bonds is 5. The van der Waals surface area contributed by atoms with Crippen molar-refractivity contribution in [2.45, 2.75) is 12.0 Å². The Hall–Kier alpha value is -2.40. The number of halogens is 1. The first kappa shape index (κ1) is 18.0. The molecule has 126 valence electrons. The molecule has 0 aromatic heterocycles. The van der Waals surface area contributed by atoms with Crippen molar-refractivity contribution in [1.82, 2.24) is 10.2 Å². The molecule has 1 fully saturated rings. The number of aldehydes is 1. The summed E-state index contributed by atoms with van der Waals surface area (Å²) in [6, 6.07) is 3.67. The molecule has 1 saturated heterocycles. The fourth-order valence-corrected chi connectivity index (χ4v) is 2.88. The summed E-state index contributed by atoms with van der Waals surface area (Å²) in [5, 5.41) is 21.9. The maximum atomic E-state index is 14.5. The molecule has 1 heterocycles. The molecule has 0 spiro atoms. The zero-order chi connectivity index (χ0) is 17.7. The van der Waals surface area contributed by atoms with E-state index in [1.54, 1.807) is 19.0 Å². The van der Waals surface area contributed by atoms with Crippen LogP contribution in [0.15, 0.2) is 18.2 Å². The van der Waals surface area contributed by atoms with Gasteiger partial charge in [-0.05, 0) is 0 Å². The fraction of sp³-hybridized carbons (Fsp3) is 0.438. The number of phenols is 1. The molecule has 2 N–H and O–H groups in total. The van der Waals surface area contributed by atoms with Gasteiger partial charge in [0.2, 0.25) is 0 Å². The number of carbonyl (C=O) groups excluding carboxylic acids is 1. The van der Waals surface area contributed by atoms with E-state index in [1.807, 2.05) is 5.97 Å². The number of nitriles is 1. The van der Waals surface area contributed by atoms with Crippen LogP contribution in [0.2, 0.25) is 0 Å². The van der Waals surface area contributed by atoms with Gasteiger partial charge in [-0.25, -0.2) is 0 Å². The van der Waals surface area contributed by atoms with Gasteiger partial charge in [0.15, 0.2) is 0 Å². The Bertz CT molecular complexity index is 690. The number of ether oxygens (including phenoxy) is 1. The number of nitrogens with zero attached hydrogens (tertiary/aromatic N) is 2. The molecule has 6 nitrogen and oxygen atoms in total. The second-order valence-corrected chi connectivity index (χ2v) is 5.90. The predicted octanol–water partition coefficient (Wildman–Crippen LogP) is 0.386. The van der Waals surface area contributed by atoms with E-state index in [4.69, 9.17) is 10.00 Å². The monoisotopic (exact) mass is 331 g/mol. The van der Waals surface area contributed by atoms with Gasteiger partial charge in [-0.2, -0.15) is 0 Å². The summed E-state index contributed by atoms with van der Waals surface area (Å²) in [6.45, 7) is 1.69. The molecule has 1 aliphatic rings. The van der Waals surface area contributed by atoms with E-state index in [1.165, 1.54) is 19.1 Å². The topological polar surface area (TPSA) is 85.6 Å². The third-order valence-corrected chi connectivity index (χ3v) is 4.16. The molecule has 8 heteroatoms. The summed E-state index contributed by atoms with van der Waals surface area (Å²) in [7, 11) is 3.45. The summed E-state index contributed by atoms with van der Waals surface area (Å²) in [5.41, 5.74) is -0.668. The van der Waals surface area contributed by atoms with Gasteiger partial charge < -0.3 is 0 Å². The van der Waals surface area contributed by atoms with E-state index in [2.05, 4.69) is 5.32 Å². The van der Waals surface area contributed by atoms with Crippen LogP contribution < -0.4 is 5.32 Å². The standard InChI is InChI=1S/C16H19BFN3O3/c1-21(2)15(17-10-19)20-16(9-24-6-5-11(16)8-22)13-7-12(23)3-4-14(13)18/h3-4,7-8,11,20,23H,5-6,9H2,1-2H3. The quantitative estimate of drug-likeness (QED) is 0.600. The third-order valence-electron chi connectivity index (χ3n) is 4.16. The molecular formula is C16H19BFN3O3. The van der Waals surface area contributed by atoms with E-state index in [-0.39, 0.29) is 17.9 Å². The van der Waals surface area contributed by atoms with Crippen LogP contribution in [0.1, 0.15) is 12.0 Å². The van der Waals surface area contributed by atoms with Gasteiger partial charge in [-0.3, -0.25) is 0 Å². The first-order chi connectivity index (χ1) is 11.4. The summed E-state index contributed by atoms with van der Waals surface area (Å²) in [4.78, 5) is 13.3. The molecule has 2 atom stereocenters. The molecule has 1 aromatic carbocycles. The van der Waals surface area contributed by atoms with Crippen LogP contribution in [0.25, 0.3) is 0 Å². The Labute approximate surface area is 140 Å². The van der Waals surface area contributed by atoms with Crippen molar-refractivity contribution in [3.8, 4) is 11.7 Å². The number of hydrogen-bond donors (Lipinski definition) is 2. The van der Waals surface area contributed by atoms with Crippen LogP contribution in [-0.4, -0.2) is 56.2 Å². The predicted molar refractivity (Wildman–Crippen MR) is 87.9 cm³/mol. The SMILES string of the molecule is CN(C)C(=BC#N)NC1(c2cc(O)ccc2F)COCCC1C=O. The van der Waals surface area contributed by atoms with Crippen molar-refractivity contribution in [1.29, 1.82) is 5.26 Å². The van der Waals surface area contributed by atoms with Gasteiger partial charge in [0, 0.05) is 0 Å². The van der Waals surface area contributed by atoms with E-state index < -0.39 is 17.3 Å². The molecule has 0 radical (unpaired) electrons. The normalized spacial score (nSPS) is 23.8. The number of hydrogen-bond acceptors (Lipinski definition) is 6. The average molecular weight is 331 g/mol. The molecular weight excluding hydrogens is 312 g/mol. The molecule has 2 rings (SSSR count). The summed E-state index contributed by atoms with van der Waals surface area (Å²) < 4.78 is 20.1. The van der Waals surface area contributed by atoms with Crippen molar-refractivity contribution in [3.63, 3.8) is 0 Å². The number of benzene rings is 1. The van der Waals surface area contributed by atoms with Crippen molar-refractivity contribution >= 4 is 18.9 Å². The van der Waals surface area contributed by atoms with Gasteiger partial charge >= 0.3 is 140 Å². The number of phenolic OH excluding ortho intramolecular Hbond substituents is 1. The van der Waals surface area contributed by atoms with Crippen molar-refractivity contribution in [3.05, 3.63) is 29.6 Å². The zero-order valence-corrected chi connectivity index (χ0v) is 13.6. The van der Waals surface area contributed by atoms with Crippen LogP contribution in [0.4, 0.5) is 4.39 Å².